The molecule has 0 atom stereocenters. The molecule has 2 heterocycles. The number of hydrogen-bond donors (Lipinski definition) is 1. The van der Waals surface area contributed by atoms with Gasteiger partial charge in [-0.05, 0) is 75.3 Å². The second-order valence-electron chi connectivity index (χ2n) is 12.1. The van der Waals surface area contributed by atoms with Gasteiger partial charge in [-0.25, -0.2) is 14.5 Å². The summed E-state index contributed by atoms with van der Waals surface area (Å²) in [6, 6.07) is 17.0. The number of nitrogens with zero attached hydrogens (tertiary/aromatic N) is 5. The summed E-state index contributed by atoms with van der Waals surface area (Å²) in [5, 5.41) is 8.94. The monoisotopic (exact) mass is 538 g/mol. The summed E-state index contributed by atoms with van der Waals surface area (Å²) in [4.78, 5) is 24.5. The van der Waals surface area contributed by atoms with Crippen LogP contribution in [0, 0.1) is 0 Å². The molecule has 0 spiro atoms. The molecule has 0 unspecified atom stereocenters. The van der Waals surface area contributed by atoms with Crippen LogP contribution in [0.5, 0.6) is 0 Å². The van der Waals surface area contributed by atoms with Gasteiger partial charge >= 0.3 is 6.09 Å². The summed E-state index contributed by atoms with van der Waals surface area (Å²) < 4.78 is 7.90. The van der Waals surface area contributed by atoms with Gasteiger partial charge in [0.1, 0.15) is 5.60 Å². The van der Waals surface area contributed by atoms with Crippen LogP contribution < -0.4 is 5.32 Å². The van der Waals surface area contributed by atoms with Crippen molar-refractivity contribution < 1.29 is 9.53 Å². The molecule has 2 aromatic heterocycles. The third kappa shape index (κ3) is 5.81. The van der Waals surface area contributed by atoms with Crippen molar-refractivity contribution in [2.24, 2.45) is 0 Å². The molecule has 4 aromatic rings. The highest BCUT2D eigenvalue weighted by atomic mass is 16.6. The third-order valence-corrected chi connectivity index (χ3v) is 7.92. The minimum Gasteiger partial charge on any atom is -0.444 e. The zero-order valence-electron chi connectivity index (χ0n) is 23.6. The van der Waals surface area contributed by atoms with Crippen molar-refractivity contribution in [3.05, 3.63) is 77.6 Å². The van der Waals surface area contributed by atoms with E-state index >= 15 is 0 Å². The Morgan fingerprint density at radius 2 is 1.70 bits per heavy atom. The van der Waals surface area contributed by atoms with Crippen LogP contribution in [0.2, 0.25) is 0 Å². The van der Waals surface area contributed by atoms with Crippen molar-refractivity contribution in [3.63, 3.8) is 0 Å². The number of ether oxygens (including phenoxy) is 1. The standard InChI is InChI=1S/C32H38N6O2/c1-32(2,3)40-31(39)37(28-17-23-9-7-8-10-24(23)18-28)21-22-13-15-26(16-14-22)35-30-33-19-25-20-34-38(29(25)36-30)27-11-5-4-6-12-27/h7-10,13-16,19-20,27-28H,4-6,11-12,17-18,21H2,1-3H3,(H,33,35,36). The number of carbonyl (C=O) groups is 1. The number of hydrogen-bond acceptors (Lipinski definition) is 6. The second-order valence-corrected chi connectivity index (χ2v) is 12.1. The zero-order valence-corrected chi connectivity index (χ0v) is 23.6. The quantitative estimate of drug-likeness (QED) is 0.285. The van der Waals surface area contributed by atoms with Crippen LogP contribution in [-0.4, -0.2) is 42.4 Å². The number of nitrogens with one attached hydrogen (secondary N) is 1. The highest BCUT2D eigenvalue weighted by Crippen LogP contribution is 2.31. The topological polar surface area (TPSA) is 85.2 Å². The summed E-state index contributed by atoms with van der Waals surface area (Å²) in [6.45, 7) is 6.22. The normalized spacial score (nSPS) is 16.2. The first-order valence-electron chi connectivity index (χ1n) is 14.4. The van der Waals surface area contributed by atoms with Crippen LogP contribution in [0.3, 0.4) is 0 Å². The van der Waals surface area contributed by atoms with Crippen LogP contribution in [0.4, 0.5) is 16.4 Å². The van der Waals surface area contributed by atoms with Crippen molar-refractivity contribution in [3.8, 4) is 0 Å². The van der Waals surface area contributed by atoms with Gasteiger partial charge in [-0.3, -0.25) is 0 Å². The van der Waals surface area contributed by atoms with Gasteiger partial charge in [-0.2, -0.15) is 10.1 Å². The first-order chi connectivity index (χ1) is 19.3. The molecule has 208 valence electrons. The summed E-state index contributed by atoms with van der Waals surface area (Å²) in [5.74, 6) is 0.553. The van der Waals surface area contributed by atoms with E-state index in [4.69, 9.17) is 9.72 Å². The number of anilines is 2. The minimum absolute atomic E-state index is 0.0687. The van der Waals surface area contributed by atoms with E-state index in [2.05, 4.69) is 44.3 Å². The van der Waals surface area contributed by atoms with E-state index in [1.165, 1.54) is 30.4 Å². The highest BCUT2D eigenvalue weighted by molar-refractivity contribution is 5.75. The van der Waals surface area contributed by atoms with E-state index in [1.54, 1.807) is 0 Å². The molecule has 0 bridgehead atoms. The maximum absolute atomic E-state index is 13.3. The van der Waals surface area contributed by atoms with E-state index < -0.39 is 5.60 Å². The largest absolute Gasteiger partial charge is 0.444 e. The predicted octanol–water partition coefficient (Wildman–Crippen LogP) is 6.98. The van der Waals surface area contributed by atoms with Gasteiger partial charge in [0.25, 0.3) is 0 Å². The summed E-state index contributed by atoms with van der Waals surface area (Å²) in [7, 11) is 0. The molecule has 40 heavy (non-hydrogen) atoms. The molecule has 6 rings (SSSR count). The molecule has 1 amide bonds. The molecule has 0 radical (unpaired) electrons. The molecule has 0 saturated heterocycles. The van der Waals surface area contributed by atoms with Crippen molar-refractivity contribution in [1.29, 1.82) is 0 Å². The van der Waals surface area contributed by atoms with E-state index in [-0.39, 0.29) is 12.1 Å². The third-order valence-electron chi connectivity index (χ3n) is 7.92. The molecule has 1 N–H and O–H groups in total. The van der Waals surface area contributed by atoms with E-state index in [0.29, 0.717) is 18.5 Å². The Labute approximate surface area is 235 Å². The molecule has 1 saturated carbocycles. The number of rotatable bonds is 6. The molecule has 1 fully saturated rings. The first kappa shape index (κ1) is 26.3. The lowest BCUT2D eigenvalue weighted by Gasteiger charge is -2.31. The summed E-state index contributed by atoms with van der Waals surface area (Å²) in [5.41, 5.74) is 4.88. The number of fused-ring (bicyclic) bond motifs is 2. The molecular weight excluding hydrogens is 500 g/mol. The number of benzene rings is 2. The van der Waals surface area contributed by atoms with Gasteiger partial charge in [-0.15, -0.1) is 0 Å². The Morgan fingerprint density at radius 1 is 1.00 bits per heavy atom. The van der Waals surface area contributed by atoms with Crippen LogP contribution in [0.1, 0.15) is 75.6 Å². The lowest BCUT2D eigenvalue weighted by Crippen LogP contribution is -2.43. The lowest BCUT2D eigenvalue weighted by atomic mass is 9.96. The van der Waals surface area contributed by atoms with Crippen LogP contribution in [0.25, 0.3) is 11.0 Å². The van der Waals surface area contributed by atoms with E-state index in [0.717, 1.165) is 48.0 Å². The number of aromatic nitrogens is 4. The predicted molar refractivity (Wildman–Crippen MR) is 157 cm³/mol. The molecule has 2 aromatic carbocycles. The van der Waals surface area contributed by atoms with Crippen molar-refractivity contribution in [2.75, 3.05) is 5.32 Å². The van der Waals surface area contributed by atoms with Gasteiger partial charge < -0.3 is 15.0 Å². The summed E-state index contributed by atoms with van der Waals surface area (Å²) >= 11 is 0. The van der Waals surface area contributed by atoms with Gasteiger partial charge in [0, 0.05) is 24.5 Å². The molecule has 2 aliphatic carbocycles. The molecule has 8 nitrogen and oxygen atoms in total. The van der Waals surface area contributed by atoms with Crippen LogP contribution >= 0.6 is 0 Å². The fraction of sp³-hybridized carbons (Fsp3) is 0.438. The Morgan fingerprint density at radius 3 is 2.38 bits per heavy atom. The molecule has 0 aliphatic heterocycles. The average Bonchev–Trinajstić information content (AvgIpc) is 3.56. The van der Waals surface area contributed by atoms with Gasteiger partial charge in [-0.1, -0.05) is 55.7 Å². The Balaban J connectivity index is 1.17. The highest BCUT2D eigenvalue weighted by Gasteiger charge is 2.32. The molecule has 8 heteroatoms. The Kier molecular flexibility index (Phi) is 7.17. The van der Waals surface area contributed by atoms with Crippen LogP contribution in [0.15, 0.2) is 60.9 Å². The fourth-order valence-electron chi connectivity index (χ4n) is 5.93. The molecular formula is C32H38N6O2. The van der Waals surface area contributed by atoms with Crippen molar-refractivity contribution in [1.82, 2.24) is 24.6 Å². The minimum atomic E-state index is -0.554. The van der Waals surface area contributed by atoms with Crippen LogP contribution in [-0.2, 0) is 24.1 Å². The fourth-order valence-corrected chi connectivity index (χ4v) is 5.93. The Bertz CT molecular complexity index is 1460. The van der Waals surface area contributed by atoms with E-state index in [9.17, 15) is 4.79 Å². The van der Waals surface area contributed by atoms with Crippen molar-refractivity contribution >= 4 is 28.8 Å². The second kappa shape index (κ2) is 10.9. The molecule has 2 aliphatic rings. The number of amides is 1. The average molecular weight is 539 g/mol. The Hall–Kier alpha value is -3.94. The maximum atomic E-state index is 13.3. The lowest BCUT2D eigenvalue weighted by molar-refractivity contribution is 0.0148. The van der Waals surface area contributed by atoms with Gasteiger partial charge in [0.2, 0.25) is 5.95 Å². The smallest absolute Gasteiger partial charge is 0.410 e. The van der Waals surface area contributed by atoms with E-state index in [1.807, 2.05) is 62.3 Å². The van der Waals surface area contributed by atoms with Gasteiger partial charge in [0.15, 0.2) is 5.65 Å². The first-order valence-corrected chi connectivity index (χ1v) is 14.4. The number of carbonyl (C=O) groups excluding carboxylic acids is 1. The van der Waals surface area contributed by atoms with Crippen molar-refractivity contribution in [2.45, 2.75) is 89.9 Å². The maximum Gasteiger partial charge on any atom is 0.410 e. The SMILES string of the molecule is CC(C)(C)OC(=O)N(Cc1ccc(Nc2ncc3cnn(C4CCCCC4)c3n2)cc1)C1Cc2ccccc2C1. The van der Waals surface area contributed by atoms with Gasteiger partial charge in [0.05, 0.1) is 17.6 Å². The summed E-state index contributed by atoms with van der Waals surface area (Å²) in [6.07, 6.45) is 11.2. The zero-order chi connectivity index (χ0) is 27.7.